The Kier molecular flexibility index (Phi) is 44.1. The van der Waals surface area contributed by atoms with Crippen molar-refractivity contribution in [2.45, 2.75) is 214 Å². The van der Waals surface area contributed by atoms with E-state index in [1.165, 1.54) is 116 Å². The van der Waals surface area contributed by atoms with E-state index in [0.29, 0.717) is 0 Å². The number of phosphoric acid groups is 1. The Hall–Kier alpha value is -7.80. The summed E-state index contributed by atoms with van der Waals surface area (Å²) in [5.74, 6) is -15.4. The zero-order valence-corrected chi connectivity index (χ0v) is 80.2. The van der Waals surface area contributed by atoms with E-state index < -0.39 is 282 Å². The van der Waals surface area contributed by atoms with E-state index in [1.54, 1.807) is 6.92 Å². The van der Waals surface area contributed by atoms with Gasteiger partial charge in [-0.25, -0.2) is 4.57 Å². The van der Waals surface area contributed by atoms with E-state index in [1.807, 2.05) is 0 Å². The van der Waals surface area contributed by atoms with Gasteiger partial charge in [-0.05, 0) is 187 Å². The minimum absolute atomic E-state index is 0.0145. The Morgan fingerprint density at radius 3 is 0.667 bits per heavy atom. The van der Waals surface area contributed by atoms with Crippen molar-refractivity contribution in [1.29, 1.82) is 0 Å². The molecule has 0 radical (unpaired) electrons. The van der Waals surface area contributed by atoms with E-state index in [2.05, 4.69) is 4.52 Å². The normalized spacial score (nSPS) is 18.3. The third-order valence-corrected chi connectivity index (χ3v) is 26.1. The van der Waals surface area contributed by atoms with Crippen LogP contribution in [-0.2, 0) is 162 Å². The minimum Gasteiger partial charge on any atom is -0.469 e. The average Bonchev–Trinajstić information content (AvgIpc) is 0.752. The SMILES string of the molecule is COC(=O)C(C)(C)CC(C)(CC(C)(CC(C)(CC(C)(CC(C)(CC(C)(CC(C)(CC(C)(CC(C)(CC(C)(CC(C)(CC(C)(CC(C)(CSCCC(=O)CC(=O)CCSCC(C)C(=O)OCCOP(=O)(O)O)C(=O)OC)C(=O)OC)C(=O)OC)C(=O)OC)C(=O)OC)C(=O)OC)C(=O)OC)C(=O)OC)C(=O)OC)C(=O)OC)C(=O)OC)C(=O)OC)C(=O)OC. The van der Waals surface area contributed by atoms with Crippen LogP contribution in [0.4, 0.5) is 0 Å². The van der Waals surface area contributed by atoms with Gasteiger partial charge in [0.05, 0.1) is 194 Å². The Morgan fingerprint density at radius 1 is 0.276 bits per heavy atom. The molecule has 36 nitrogen and oxygen atoms in total. The van der Waals surface area contributed by atoms with Gasteiger partial charge in [-0.15, -0.1) is 0 Å². The number of methoxy groups -OCH3 is 14. The summed E-state index contributed by atoms with van der Waals surface area (Å²) in [5.41, 5.74) is -27.2. The van der Waals surface area contributed by atoms with Crippen LogP contribution in [0.1, 0.15) is 214 Å². The van der Waals surface area contributed by atoms with Gasteiger partial charge in [0, 0.05) is 35.9 Å². The molecule has 0 rings (SSSR count). The van der Waals surface area contributed by atoms with Crippen molar-refractivity contribution < 1.29 is 171 Å². The monoisotopic (exact) mass is 1820 g/mol. The largest absolute Gasteiger partial charge is 0.469 e. The highest BCUT2D eigenvalue weighted by Gasteiger charge is 2.63. The van der Waals surface area contributed by atoms with Gasteiger partial charge in [-0.1, -0.05) is 6.92 Å². The number of hydrogen-bond donors (Lipinski definition) is 2. The first-order valence-corrected chi connectivity index (χ1v) is 43.3. The lowest BCUT2D eigenvalue weighted by atomic mass is 9.55. The van der Waals surface area contributed by atoms with Crippen LogP contribution in [0.15, 0.2) is 0 Å². The maximum absolute atomic E-state index is 15.0. The van der Waals surface area contributed by atoms with Gasteiger partial charge < -0.3 is 80.8 Å². The molecule has 0 aliphatic heterocycles. The highest BCUT2D eigenvalue weighted by atomic mass is 32.2. The summed E-state index contributed by atoms with van der Waals surface area (Å²) in [7, 11) is 10.0. The molecule has 0 aliphatic rings. The molecule has 0 saturated carbocycles. The smallest absolute Gasteiger partial charge is 0.469 e. The summed E-state index contributed by atoms with van der Waals surface area (Å²) < 4.78 is 95.6. The number of carbonyl (C=O) groups is 17. The number of carbonyl (C=O) groups excluding carboxylic acids is 17. The van der Waals surface area contributed by atoms with E-state index in [9.17, 15) is 76.5 Å². The molecule has 0 fully saturated rings. The number of hydrogen-bond acceptors (Lipinski definition) is 36. The number of Topliss-reactive ketones (excluding diaryl/α,β-unsaturated/α-hetero) is 2. The molecule has 39 heteroatoms. The molecular formula is C84H137O36PS2. The standard InChI is InChI=1S/C84H137O36PS2/c1-53(56(87)119-33-34-120-121(102,103)104)38-122-35-31-54(85)37-55(86)32-36-123-52-84(16,70(101)118-30)51-83(15,69(100)117-29)50-82(14,68(99)116-28)49-81(13,67(98)115-27)48-80(12,66(97)114-26)47-79(11,65(96)113-25)46-78(10,64(95)112-24)45-77(9,63(94)111-23)44-76(8,62(93)110-22)43-75(7,61(92)109-21)42-74(6,60(91)108-20)41-73(5,59(90)107-19)40-72(4,58(89)106-18)39-71(2,3)57(88)105-17/h53H,31-52H2,1-30H3,(H2,102,103,104). The predicted octanol–water partition coefficient (Wildman–Crippen LogP) is 9.65. The maximum atomic E-state index is 15.0. The fraction of sp³-hybridized carbons (Fsp3) is 0.798. The fourth-order valence-electron chi connectivity index (χ4n) is 19.4. The number of phosphoric ester groups is 1. The molecule has 0 aliphatic carbocycles. The van der Waals surface area contributed by atoms with Crippen molar-refractivity contribution in [3.63, 3.8) is 0 Å². The molecule has 0 bridgehead atoms. The average molecular weight is 1820 g/mol. The summed E-state index contributed by atoms with van der Waals surface area (Å²) in [6.07, 6.45) is -8.22. The summed E-state index contributed by atoms with van der Waals surface area (Å²) >= 11 is 2.37. The van der Waals surface area contributed by atoms with Crippen LogP contribution in [0.5, 0.6) is 0 Å². The van der Waals surface area contributed by atoms with Crippen LogP contribution in [0.25, 0.3) is 0 Å². The second-order valence-electron chi connectivity index (χ2n) is 36.6. The molecule has 0 saturated heterocycles. The van der Waals surface area contributed by atoms with Crippen molar-refractivity contribution in [2.24, 2.45) is 81.7 Å². The first-order chi connectivity index (χ1) is 56.2. The second kappa shape index (κ2) is 47.1. The summed E-state index contributed by atoms with van der Waals surface area (Å²) in [5, 5.41) is 0. The zero-order valence-electron chi connectivity index (χ0n) is 77.7. The van der Waals surface area contributed by atoms with Crippen LogP contribution >= 0.6 is 31.3 Å². The lowest BCUT2D eigenvalue weighted by molar-refractivity contribution is -0.175. The lowest BCUT2D eigenvalue weighted by Gasteiger charge is -2.47. The highest BCUT2D eigenvalue weighted by molar-refractivity contribution is 7.99. The highest BCUT2D eigenvalue weighted by Crippen LogP contribution is 2.59. The fourth-order valence-corrected chi connectivity index (χ4v) is 21.9. The molecule has 706 valence electrons. The van der Waals surface area contributed by atoms with E-state index >= 15 is 9.59 Å². The van der Waals surface area contributed by atoms with Gasteiger partial charge in [0.15, 0.2) is 0 Å². The van der Waals surface area contributed by atoms with Crippen molar-refractivity contribution in [3.8, 4) is 0 Å². The Balaban J connectivity index is 8.28. The van der Waals surface area contributed by atoms with Gasteiger partial charge in [0.25, 0.3) is 0 Å². The van der Waals surface area contributed by atoms with Crippen LogP contribution in [0.2, 0.25) is 0 Å². The van der Waals surface area contributed by atoms with Crippen molar-refractivity contribution >= 4 is 132 Å². The van der Waals surface area contributed by atoms with Crippen LogP contribution in [0.3, 0.4) is 0 Å². The number of ether oxygens (including phenoxy) is 15. The van der Waals surface area contributed by atoms with Gasteiger partial charge in [0.2, 0.25) is 0 Å². The van der Waals surface area contributed by atoms with Gasteiger partial charge in [0.1, 0.15) is 18.2 Å². The van der Waals surface area contributed by atoms with Crippen LogP contribution < -0.4 is 0 Å². The quantitative estimate of drug-likeness (QED) is 0.0188. The molecule has 123 heavy (non-hydrogen) atoms. The van der Waals surface area contributed by atoms with Crippen molar-refractivity contribution in [1.82, 2.24) is 0 Å². The Bertz CT molecular complexity index is 3820. The predicted molar refractivity (Wildman–Crippen MR) is 444 cm³/mol. The Morgan fingerprint density at radius 2 is 0.463 bits per heavy atom. The van der Waals surface area contributed by atoms with E-state index in [4.69, 9.17) is 80.8 Å². The van der Waals surface area contributed by atoms with Gasteiger partial charge in [-0.2, -0.15) is 23.5 Å². The third kappa shape index (κ3) is 31.6. The first kappa shape index (κ1) is 115. The molecule has 0 heterocycles. The summed E-state index contributed by atoms with van der Waals surface area (Å²) in [6, 6.07) is 0. The van der Waals surface area contributed by atoms with Crippen LogP contribution in [0, 0.1) is 81.7 Å². The lowest BCUT2D eigenvalue weighted by Crippen LogP contribution is -2.51. The number of rotatable bonds is 57. The molecule has 0 aromatic heterocycles. The summed E-state index contributed by atoms with van der Waals surface area (Å²) in [6.45, 7) is 21.6. The molecule has 14 atom stereocenters. The van der Waals surface area contributed by atoms with E-state index in [0.717, 1.165) is 111 Å². The van der Waals surface area contributed by atoms with Crippen LogP contribution in [-0.4, -0.2) is 247 Å². The molecule has 0 aromatic carbocycles. The minimum atomic E-state index is -4.74. The second-order valence-corrected chi connectivity index (χ2v) is 40.1. The topological polar surface area (TPSA) is 495 Å². The molecule has 0 amide bonds. The third-order valence-electron chi connectivity index (χ3n) is 23.0. The van der Waals surface area contributed by atoms with Crippen molar-refractivity contribution in [3.05, 3.63) is 0 Å². The first-order valence-electron chi connectivity index (χ1n) is 39.5. The zero-order chi connectivity index (χ0) is 96.2. The Labute approximate surface area is 731 Å². The summed E-state index contributed by atoms with van der Waals surface area (Å²) in [4.78, 5) is 260. The number of ketones is 2. The molecule has 0 spiro atoms. The van der Waals surface area contributed by atoms with Gasteiger partial charge >= 0.3 is 97.4 Å². The molecular weight excluding hydrogens is 1680 g/mol. The number of esters is 15. The molecule has 0 aromatic rings. The van der Waals surface area contributed by atoms with E-state index in [-0.39, 0.29) is 48.1 Å². The number of thioether (sulfide) groups is 2. The molecule has 2 N–H and O–H groups in total. The van der Waals surface area contributed by atoms with Gasteiger partial charge in [-0.3, -0.25) is 86.0 Å². The van der Waals surface area contributed by atoms with Crippen molar-refractivity contribution in [2.75, 3.05) is 136 Å². The maximum Gasteiger partial charge on any atom is 0.469 e. The molecule has 14 unspecified atom stereocenters.